The van der Waals surface area contributed by atoms with E-state index in [4.69, 9.17) is 14.8 Å². The van der Waals surface area contributed by atoms with E-state index < -0.39 is 0 Å². The van der Waals surface area contributed by atoms with Gasteiger partial charge < -0.3 is 14.6 Å². The van der Waals surface area contributed by atoms with Crippen LogP contribution in [0.1, 0.15) is 29.7 Å². The number of ether oxygens (including phenoxy) is 1. The van der Waals surface area contributed by atoms with Gasteiger partial charge in [-0.1, -0.05) is 12.1 Å². The average molecular weight is 446 g/mol. The van der Waals surface area contributed by atoms with Gasteiger partial charge in [-0.3, -0.25) is 4.99 Å². The summed E-state index contributed by atoms with van der Waals surface area (Å²) in [6, 6.07) is 10.7. The highest BCUT2D eigenvalue weighted by Crippen LogP contribution is 2.26. The highest BCUT2D eigenvalue weighted by atomic mass is 16.5. The van der Waals surface area contributed by atoms with Gasteiger partial charge in [0.15, 0.2) is 5.65 Å². The standard InChI is InChI=1S/C25H31N7O/c1-18-23-14-20(24-16-26-10-13-31(24)29-21-8-11-30(2)12-9-21)15-27-25(23)32(28-18)17-19-4-6-22(33-3)7-5-19/h4-7,10,14-16,21,29H,8-9,11-13,17H2,1-3H3. The lowest BCUT2D eigenvalue weighted by molar-refractivity contribution is 0.178. The van der Waals surface area contributed by atoms with Crippen molar-refractivity contribution in [3.8, 4) is 5.75 Å². The Labute approximate surface area is 194 Å². The zero-order chi connectivity index (χ0) is 22.8. The first kappa shape index (κ1) is 21.6. The second-order valence-electron chi connectivity index (χ2n) is 8.85. The minimum atomic E-state index is 0.474. The molecule has 2 aliphatic heterocycles. The predicted molar refractivity (Wildman–Crippen MR) is 131 cm³/mol. The summed E-state index contributed by atoms with van der Waals surface area (Å²) < 4.78 is 7.24. The molecule has 0 atom stereocenters. The highest BCUT2D eigenvalue weighted by Gasteiger charge is 2.22. The number of aromatic nitrogens is 3. The molecule has 0 bridgehead atoms. The number of fused-ring (bicyclic) bond motifs is 1. The van der Waals surface area contributed by atoms with Gasteiger partial charge in [-0.15, -0.1) is 0 Å². The van der Waals surface area contributed by atoms with E-state index in [1.165, 1.54) is 0 Å². The van der Waals surface area contributed by atoms with Crippen molar-refractivity contribution in [3.05, 3.63) is 59.5 Å². The average Bonchev–Trinajstić information content (AvgIpc) is 3.16. The first-order chi connectivity index (χ1) is 16.1. The van der Waals surface area contributed by atoms with Crippen LogP contribution in [0.15, 0.2) is 47.7 Å². The Morgan fingerprint density at radius 3 is 2.70 bits per heavy atom. The lowest BCUT2D eigenvalue weighted by Gasteiger charge is -2.36. The van der Waals surface area contributed by atoms with Crippen LogP contribution in [0, 0.1) is 6.92 Å². The largest absolute Gasteiger partial charge is 0.497 e. The summed E-state index contributed by atoms with van der Waals surface area (Å²) >= 11 is 0. The van der Waals surface area contributed by atoms with Crippen LogP contribution in [0.25, 0.3) is 16.7 Å². The Hall–Kier alpha value is -3.23. The van der Waals surface area contributed by atoms with Gasteiger partial charge in [-0.2, -0.15) is 5.10 Å². The van der Waals surface area contributed by atoms with Gasteiger partial charge in [-0.05, 0) is 63.7 Å². The zero-order valence-corrected chi connectivity index (χ0v) is 19.5. The molecule has 2 aromatic heterocycles. The molecule has 0 unspecified atom stereocenters. The van der Waals surface area contributed by atoms with Crippen molar-refractivity contribution in [1.29, 1.82) is 0 Å². The number of aliphatic imine (C=N–C) groups is 1. The molecule has 5 rings (SSSR count). The molecule has 0 radical (unpaired) electrons. The monoisotopic (exact) mass is 445 g/mol. The molecule has 8 heteroatoms. The van der Waals surface area contributed by atoms with E-state index >= 15 is 0 Å². The van der Waals surface area contributed by atoms with E-state index in [0.717, 1.165) is 71.8 Å². The fourth-order valence-corrected chi connectivity index (χ4v) is 4.50. The predicted octanol–water partition coefficient (Wildman–Crippen LogP) is 3.08. The third-order valence-electron chi connectivity index (χ3n) is 6.47. The zero-order valence-electron chi connectivity index (χ0n) is 19.5. The Morgan fingerprint density at radius 2 is 1.94 bits per heavy atom. The Balaban J connectivity index is 1.38. The summed E-state index contributed by atoms with van der Waals surface area (Å²) in [6.45, 7) is 5.70. The molecule has 33 heavy (non-hydrogen) atoms. The maximum atomic E-state index is 5.26. The summed E-state index contributed by atoms with van der Waals surface area (Å²) in [7, 11) is 3.87. The van der Waals surface area contributed by atoms with Crippen molar-refractivity contribution >= 4 is 22.9 Å². The number of hydrogen-bond acceptors (Lipinski definition) is 7. The number of pyridine rings is 1. The molecule has 8 nitrogen and oxygen atoms in total. The maximum absolute atomic E-state index is 5.26. The normalized spacial score (nSPS) is 17.5. The molecule has 1 N–H and O–H groups in total. The number of likely N-dealkylation sites (tertiary alicyclic amines) is 1. The molecule has 1 aromatic carbocycles. The number of nitrogens with one attached hydrogen (secondary N) is 1. The summed E-state index contributed by atoms with van der Waals surface area (Å²) in [5.41, 5.74) is 8.84. The Morgan fingerprint density at radius 1 is 1.15 bits per heavy atom. The molecule has 0 amide bonds. The molecular formula is C25H31N7O. The summed E-state index contributed by atoms with van der Waals surface area (Å²) in [4.78, 5) is 11.6. The second-order valence-corrected chi connectivity index (χ2v) is 8.85. The number of piperidine rings is 1. The number of benzene rings is 1. The highest BCUT2D eigenvalue weighted by molar-refractivity contribution is 5.83. The van der Waals surface area contributed by atoms with Crippen LogP contribution < -0.4 is 10.2 Å². The van der Waals surface area contributed by atoms with Crippen molar-refractivity contribution in [2.24, 2.45) is 4.99 Å². The van der Waals surface area contributed by atoms with Crippen molar-refractivity contribution in [1.82, 2.24) is 30.1 Å². The first-order valence-electron chi connectivity index (χ1n) is 11.5. The topological polar surface area (TPSA) is 70.8 Å². The summed E-state index contributed by atoms with van der Waals surface area (Å²) in [6.07, 6.45) is 8.09. The SMILES string of the molecule is COc1ccc(Cn2nc(C)c3cc(C4=CN=CCN4NC4CCN(C)CC4)cnc32)cc1. The minimum Gasteiger partial charge on any atom is -0.497 e. The van der Waals surface area contributed by atoms with Crippen molar-refractivity contribution in [2.75, 3.05) is 33.8 Å². The molecule has 2 aliphatic rings. The quantitative estimate of drug-likeness (QED) is 0.629. The van der Waals surface area contributed by atoms with Gasteiger partial charge >= 0.3 is 0 Å². The minimum absolute atomic E-state index is 0.474. The van der Waals surface area contributed by atoms with E-state index in [0.29, 0.717) is 12.6 Å². The number of rotatable bonds is 6. The van der Waals surface area contributed by atoms with Crippen molar-refractivity contribution in [2.45, 2.75) is 32.4 Å². The molecule has 0 saturated carbocycles. The Kier molecular flexibility index (Phi) is 6.11. The fourth-order valence-electron chi connectivity index (χ4n) is 4.50. The van der Waals surface area contributed by atoms with E-state index in [9.17, 15) is 0 Å². The lowest BCUT2D eigenvalue weighted by atomic mass is 10.1. The van der Waals surface area contributed by atoms with E-state index in [1.807, 2.05) is 42.3 Å². The van der Waals surface area contributed by atoms with Gasteiger partial charge in [0.1, 0.15) is 5.75 Å². The molecule has 1 fully saturated rings. The summed E-state index contributed by atoms with van der Waals surface area (Å²) in [5, 5.41) is 8.05. The molecular weight excluding hydrogens is 414 g/mol. The first-order valence-corrected chi connectivity index (χ1v) is 11.5. The molecule has 172 valence electrons. The van der Waals surface area contributed by atoms with Crippen LogP contribution in [-0.4, -0.2) is 70.7 Å². The van der Waals surface area contributed by atoms with Crippen LogP contribution in [0.4, 0.5) is 0 Å². The van der Waals surface area contributed by atoms with E-state index in [2.05, 4.69) is 45.6 Å². The van der Waals surface area contributed by atoms with Gasteiger partial charge in [0.05, 0.1) is 37.8 Å². The second kappa shape index (κ2) is 9.33. The van der Waals surface area contributed by atoms with Crippen LogP contribution in [0.5, 0.6) is 5.75 Å². The van der Waals surface area contributed by atoms with Gasteiger partial charge in [0.2, 0.25) is 0 Å². The molecule has 0 spiro atoms. The fraction of sp³-hybridized carbons (Fsp3) is 0.400. The van der Waals surface area contributed by atoms with E-state index in [-0.39, 0.29) is 0 Å². The number of aryl methyl sites for hydroxylation is 1. The molecule has 3 aromatic rings. The summed E-state index contributed by atoms with van der Waals surface area (Å²) in [5.74, 6) is 0.852. The number of hydrazine groups is 1. The molecule has 0 aliphatic carbocycles. The van der Waals surface area contributed by atoms with Gasteiger partial charge in [0.25, 0.3) is 0 Å². The molecule has 1 saturated heterocycles. The van der Waals surface area contributed by atoms with Crippen molar-refractivity contribution in [3.63, 3.8) is 0 Å². The van der Waals surface area contributed by atoms with Gasteiger partial charge in [0, 0.05) is 29.4 Å². The Bertz CT molecular complexity index is 1170. The number of nitrogens with zero attached hydrogens (tertiary/aromatic N) is 6. The van der Waals surface area contributed by atoms with E-state index in [1.54, 1.807) is 7.11 Å². The van der Waals surface area contributed by atoms with Crippen LogP contribution in [0.3, 0.4) is 0 Å². The van der Waals surface area contributed by atoms with Crippen molar-refractivity contribution < 1.29 is 4.74 Å². The molecule has 4 heterocycles. The lowest BCUT2D eigenvalue weighted by Crippen LogP contribution is -2.49. The van der Waals surface area contributed by atoms with Crippen LogP contribution in [0.2, 0.25) is 0 Å². The maximum Gasteiger partial charge on any atom is 0.158 e. The van der Waals surface area contributed by atoms with Crippen LogP contribution >= 0.6 is 0 Å². The number of hydrogen-bond donors (Lipinski definition) is 1. The third-order valence-corrected chi connectivity index (χ3v) is 6.47. The smallest absolute Gasteiger partial charge is 0.158 e. The van der Waals surface area contributed by atoms with Crippen LogP contribution in [-0.2, 0) is 6.54 Å². The number of methoxy groups -OCH3 is 1. The third kappa shape index (κ3) is 4.62. The van der Waals surface area contributed by atoms with Gasteiger partial charge in [-0.25, -0.2) is 15.1 Å².